The Kier molecular flexibility index (Phi) is 3.49. The molecule has 104 valence electrons. The molecule has 0 fully saturated rings. The third-order valence-electron chi connectivity index (χ3n) is 4.14. The highest BCUT2D eigenvalue weighted by atomic mass is 16.5. The minimum absolute atomic E-state index is 0.307. The third kappa shape index (κ3) is 1.57. The lowest BCUT2D eigenvalue weighted by atomic mass is 9.46. The minimum Gasteiger partial charge on any atom is -0.468 e. The molecule has 2 aliphatic carbocycles. The molecule has 2 aliphatic rings. The fraction of sp³-hybridized carbons (Fsp3) is 0.571. The van der Waals surface area contributed by atoms with Crippen molar-refractivity contribution in [1.82, 2.24) is 0 Å². The normalized spacial score (nSPS) is 31.8. The maximum Gasteiger partial charge on any atom is 0.317 e. The van der Waals surface area contributed by atoms with E-state index in [2.05, 4.69) is 0 Å². The molecule has 2 atom stereocenters. The molecule has 0 aliphatic heterocycles. The van der Waals surface area contributed by atoms with Gasteiger partial charge < -0.3 is 14.2 Å². The van der Waals surface area contributed by atoms with E-state index in [0.29, 0.717) is 19.4 Å². The summed E-state index contributed by atoms with van der Waals surface area (Å²) in [6.45, 7) is 0.307. The van der Waals surface area contributed by atoms with E-state index in [1.54, 1.807) is 13.2 Å². The first kappa shape index (κ1) is 13.8. The molecule has 0 unspecified atom stereocenters. The Hall–Kier alpha value is -1.62. The molecule has 0 radical (unpaired) electrons. The minimum atomic E-state index is -0.973. The fourth-order valence-electron chi connectivity index (χ4n) is 3.22. The highest BCUT2D eigenvalue weighted by Crippen LogP contribution is 2.63. The summed E-state index contributed by atoms with van der Waals surface area (Å²) < 4.78 is 14.9. The molecule has 0 N–H and O–H groups in total. The number of ether oxygens (including phenoxy) is 3. The average molecular weight is 266 g/mol. The van der Waals surface area contributed by atoms with Crippen molar-refractivity contribution < 1.29 is 23.8 Å². The highest BCUT2D eigenvalue weighted by Gasteiger charge is 2.69. The maximum absolute atomic E-state index is 12.3. The molecular weight excluding hydrogens is 248 g/mol. The second-order valence-electron chi connectivity index (χ2n) is 4.84. The van der Waals surface area contributed by atoms with Crippen LogP contribution in [-0.4, -0.2) is 39.9 Å². The van der Waals surface area contributed by atoms with Gasteiger partial charge in [0.25, 0.3) is 0 Å². The van der Waals surface area contributed by atoms with E-state index in [0.717, 1.165) is 5.57 Å². The molecule has 5 nitrogen and oxygen atoms in total. The number of methoxy groups -OCH3 is 3. The summed E-state index contributed by atoms with van der Waals surface area (Å²) in [6, 6.07) is 0. The molecule has 0 saturated heterocycles. The summed E-state index contributed by atoms with van der Waals surface area (Å²) in [5, 5.41) is 0. The largest absolute Gasteiger partial charge is 0.468 e. The smallest absolute Gasteiger partial charge is 0.317 e. The van der Waals surface area contributed by atoms with E-state index in [9.17, 15) is 9.59 Å². The summed E-state index contributed by atoms with van der Waals surface area (Å²) in [7, 11) is 4.22. The summed E-state index contributed by atoms with van der Waals surface area (Å²) in [4.78, 5) is 24.5. The van der Waals surface area contributed by atoms with Gasteiger partial charge in [0.05, 0.1) is 20.8 Å². The van der Waals surface area contributed by atoms with E-state index in [1.807, 2.05) is 12.2 Å². The van der Waals surface area contributed by atoms with Crippen LogP contribution >= 0.6 is 0 Å². The number of allylic oxidation sites excluding steroid dienone is 2. The summed E-state index contributed by atoms with van der Waals surface area (Å²) >= 11 is 0. The number of carbonyl (C=O) groups excluding carboxylic acids is 2. The lowest BCUT2D eigenvalue weighted by molar-refractivity contribution is -0.175. The van der Waals surface area contributed by atoms with Crippen molar-refractivity contribution in [2.75, 3.05) is 27.9 Å². The second kappa shape index (κ2) is 4.81. The van der Waals surface area contributed by atoms with Gasteiger partial charge in [-0.25, -0.2) is 0 Å². The maximum atomic E-state index is 12.3. The van der Waals surface area contributed by atoms with Crippen molar-refractivity contribution >= 4 is 11.9 Å². The number of carbonyl (C=O) groups is 2. The molecular formula is C14H18O5. The molecule has 0 saturated carbocycles. The third-order valence-corrected chi connectivity index (χ3v) is 4.14. The first-order valence-electron chi connectivity index (χ1n) is 6.12. The summed E-state index contributed by atoms with van der Waals surface area (Å²) in [5.74, 6) is -0.807. The van der Waals surface area contributed by atoms with Crippen LogP contribution in [-0.2, 0) is 23.8 Å². The molecule has 0 amide bonds. The van der Waals surface area contributed by atoms with Gasteiger partial charge in [-0.05, 0) is 18.4 Å². The molecule has 0 spiro atoms. The monoisotopic (exact) mass is 266 g/mol. The standard InChI is InChI=1S/C14H18O5/c1-17-9-10-8-13(11(15)18-2)6-4-5-7-14(10,13)12(16)19-3/h4-5,8H,6-7,9H2,1-3H3/t13-,14+/m1/s1. The van der Waals surface area contributed by atoms with Gasteiger partial charge >= 0.3 is 11.9 Å². The van der Waals surface area contributed by atoms with Gasteiger partial charge in [-0.1, -0.05) is 18.2 Å². The second-order valence-corrected chi connectivity index (χ2v) is 4.84. The summed E-state index contributed by atoms with van der Waals surface area (Å²) in [5.41, 5.74) is -1.13. The molecule has 0 bridgehead atoms. The van der Waals surface area contributed by atoms with E-state index in [-0.39, 0.29) is 0 Å². The van der Waals surface area contributed by atoms with Crippen molar-refractivity contribution in [3.8, 4) is 0 Å². The van der Waals surface area contributed by atoms with Crippen molar-refractivity contribution in [3.05, 3.63) is 23.8 Å². The first-order valence-corrected chi connectivity index (χ1v) is 6.12. The van der Waals surface area contributed by atoms with E-state index in [1.165, 1.54) is 14.2 Å². The Morgan fingerprint density at radius 1 is 1.11 bits per heavy atom. The van der Waals surface area contributed by atoms with Crippen LogP contribution in [0.3, 0.4) is 0 Å². The Balaban J connectivity index is 2.53. The van der Waals surface area contributed by atoms with E-state index < -0.39 is 22.8 Å². The zero-order chi connectivity index (χ0) is 14.1. The van der Waals surface area contributed by atoms with Crippen LogP contribution in [0, 0.1) is 10.8 Å². The number of hydrogen-bond donors (Lipinski definition) is 0. The average Bonchev–Trinajstić information content (AvgIpc) is 2.43. The van der Waals surface area contributed by atoms with Gasteiger partial charge in [0, 0.05) is 7.11 Å². The topological polar surface area (TPSA) is 61.8 Å². The SMILES string of the molecule is COCC1=C[C@@]2(C(=O)OC)CC=CC[C@@]12C(=O)OC. The zero-order valence-electron chi connectivity index (χ0n) is 11.4. The van der Waals surface area contributed by atoms with Crippen LogP contribution in [0.25, 0.3) is 0 Å². The quantitative estimate of drug-likeness (QED) is 0.566. The predicted molar refractivity (Wildman–Crippen MR) is 67.2 cm³/mol. The van der Waals surface area contributed by atoms with Crippen LogP contribution in [0.15, 0.2) is 23.8 Å². The van der Waals surface area contributed by atoms with E-state index in [4.69, 9.17) is 14.2 Å². The fourth-order valence-corrected chi connectivity index (χ4v) is 3.22. The lowest BCUT2D eigenvalue weighted by Gasteiger charge is -2.54. The van der Waals surface area contributed by atoms with Crippen molar-refractivity contribution in [3.63, 3.8) is 0 Å². The predicted octanol–water partition coefficient (Wildman–Crippen LogP) is 1.24. The number of rotatable bonds is 4. The number of fused-ring (bicyclic) bond motifs is 1. The Morgan fingerprint density at radius 2 is 1.74 bits per heavy atom. The van der Waals surface area contributed by atoms with Gasteiger partial charge in [-0.2, -0.15) is 0 Å². The van der Waals surface area contributed by atoms with E-state index >= 15 is 0 Å². The molecule has 5 heteroatoms. The number of hydrogen-bond acceptors (Lipinski definition) is 5. The van der Waals surface area contributed by atoms with Crippen molar-refractivity contribution in [2.24, 2.45) is 10.8 Å². The Labute approximate surface area is 112 Å². The Bertz CT molecular complexity index is 464. The molecule has 19 heavy (non-hydrogen) atoms. The van der Waals surface area contributed by atoms with Crippen LogP contribution in [0.4, 0.5) is 0 Å². The van der Waals surface area contributed by atoms with Crippen LogP contribution in [0.2, 0.25) is 0 Å². The van der Waals surface area contributed by atoms with Crippen LogP contribution < -0.4 is 0 Å². The molecule has 0 aromatic heterocycles. The summed E-state index contributed by atoms with van der Waals surface area (Å²) in [6.07, 6.45) is 6.48. The zero-order valence-corrected chi connectivity index (χ0v) is 11.4. The van der Waals surface area contributed by atoms with Gasteiger partial charge in [0.15, 0.2) is 0 Å². The lowest BCUT2D eigenvalue weighted by Crippen LogP contribution is -2.61. The van der Waals surface area contributed by atoms with Gasteiger partial charge in [-0.3, -0.25) is 9.59 Å². The Morgan fingerprint density at radius 3 is 2.32 bits per heavy atom. The molecule has 2 rings (SSSR count). The molecule has 0 aromatic rings. The van der Waals surface area contributed by atoms with Gasteiger partial charge in [0.2, 0.25) is 0 Å². The van der Waals surface area contributed by atoms with Crippen molar-refractivity contribution in [1.29, 1.82) is 0 Å². The van der Waals surface area contributed by atoms with Crippen LogP contribution in [0.1, 0.15) is 12.8 Å². The highest BCUT2D eigenvalue weighted by molar-refractivity contribution is 5.97. The van der Waals surface area contributed by atoms with Gasteiger partial charge in [0.1, 0.15) is 10.8 Å². The van der Waals surface area contributed by atoms with Gasteiger partial charge in [-0.15, -0.1) is 0 Å². The molecule has 0 heterocycles. The number of esters is 2. The van der Waals surface area contributed by atoms with Crippen LogP contribution in [0.5, 0.6) is 0 Å². The first-order chi connectivity index (χ1) is 9.09. The van der Waals surface area contributed by atoms with Crippen molar-refractivity contribution in [2.45, 2.75) is 12.8 Å². The molecule has 0 aromatic carbocycles.